The minimum Gasteiger partial charge on any atom is -0.497 e. The van der Waals surface area contributed by atoms with Crippen LogP contribution in [0, 0.1) is 0 Å². The molecule has 0 spiro atoms. The Hall–Kier alpha value is -4.72. The molecule has 0 aliphatic heterocycles. The maximum absolute atomic E-state index is 12.5. The highest BCUT2D eigenvalue weighted by Gasteiger charge is 2.11. The third-order valence-corrected chi connectivity index (χ3v) is 5.20. The summed E-state index contributed by atoms with van der Waals surface area (Å²) in [5, 5.41) is 8.94. The number of anilines is 3. The second-order valence-electron chi connectivity index (χ2n) is 7.72. The number of benzene rings is 3. The molecule has 0 aliphatic rings. The van der Waals surface area contributed by atoms with Gasteiger partial charge in [-0.15, -0.1) is 0 Å². The van der Waals surface area contributed by atoms with E-state index in [0.29, 0.717) is 29.5 Å². The van der Waals surface area contributed by atoms with E-state index < -0.39 is 0 Å². The van der Waals surface area contributed by atoms with Crippen molar-refractivity contribution in [3.05, 3.63) is 96.2 Å². The molecule has 3 aromatic carbocycles. The minimum atomic E-state index is -0.159. The molecule has 8 nitrogen and oxygen atoms in total. The number of ether oxygens (including phenoxy) is 1. The monoisotopic (exact) mass is 467 g/mol. The smallest absolute Gasteiger partial charge is 0.251 e. The van der Waals surface area contributed by atoms with Gasteiger partial charge in [-0.25, -0.2) is 9.97 Å². The van der Waals surface area contributed by atoms with Crippen molar-refractivity contribution in [1.82, 2.24) is 15.3 Å². The van der Waals surface area contributed by atoms with Crippen molar-refractivity contribution in [3.63, 3.8) is 0 Å². The number of carbonyl (C=O) groups is 2. The lowest BCUT2D eigenvalue weighted by Crippen LogP contribution is -2.23. The zero-order valence-corrected chi connectivity index (χ0v) is 19.4. The summed E-state index contributed by atoms with van der Waals surface area (Å²) < 4.78 is 5.38. The predicted octanol–water partition coefficient (Wildman–Crippen LogP) is 4.78. The molecule has 35 heavy (non-hydrogen) atoms. The van der Waals surface area contributed by atoms with Crippen LogP contribution in [0.5, 0.6) is 5.75 Å². The second-order valence-corrected chi connectivity index (χ2v) is 7.72. The second kappa shape index (κ2) is 10.9. The first-order chi connectivity index (χ1) is 17.0. The number of amides is 2. The molecule has 8 heteroatoms. The maximum Gasteiger partial charge on any atom is 0.251 e. The lowest BCUT2D eigenvalue weighted by Gasteiger charge is -2.14. The fraction of sp³-hybridized carbons (Fsp3) is 0.111. The highest BCUT2D eigenvalue weighted by atomic mass is 16.5. The highest BCUT2D eigenvalue weighted by molar-refractivity contribution is 5.94. The zero-order valence-electron chi connectivity index (χ0n) is 19.4. The first-order valence-corrected chi connectivity index (χ1v) is 11.0. The average Bonchev–Trinajstić information content (AvgIpc) is 2.88. The Labute approximate surface area is 203 Å². The molecule has 0 fully saturated rings. The van der Waals surface area contributed by atoms with Crippen molar-refractivity contribution in [2.75, 3.05) is 17.7 Å². The quantitative estimate of drug-likeness (QED) is 0.344. The topological polar surface area (TPSA) is 105 Å². The van der Waals surface area contributed by atoms with Gasteiger partial charge in [0, 0.05) is 48.2 Å². The molecule has 0 aliphatic carbocycles. The van der Waals surface area contributed by atoms with E-state index in [2.05, 4.69) is 25.9 Å². The molecule has 0 saturated heterocycles. The van der Waals surface area contributed by atoms with Crippen molar-refractivity contribution in [2.24, 2.45) is 0 Å². The molecule has 0 unspecified atom stereocenters. The summed E-state index contributed by atoms with van der Waals surface area (Å²) in [6.07, 6.45) is 1.67. The number of rotatable bonds is 8. The van der Waals surface area contributed by atoms with Crippen molar-refractivity contribution in [2.45, 2.75) is 13.5 Å². The fourth-order valence-electron chi connectivity index (χ4n) is 3.45. The molecule has 1 heterocycles. The molecule has 3 N–H and O–H groups in total. The van der Waals surface area contributed by atoms with Gasteiger partial charge in [-0.05, 0) is 42.0 Å². The van der Waals surface area contributed by atoms with Crippen LogP contribution in [0.15, 0.2) is 85.1 Å². The van der Waals surface area contributed by atoms with Crippen molar-refractivity contribution in [1.29, 1.82) is 0 Å². The molecule has 2 amide bonds. The van der Waals surface area contributed by atoms with E-state index in [4.69, 9.17) is 4.74 Å². The van der Waals surface area contributed by atoms with E-state index in [9.17, 15) is 9.59 Å². The summed E-state index contributed by atoms with van der Waals surface area (Å²) in [5.74, 6) is 0.779. The summed E-state index contributed by atoms with van der Waals surface area (Å²) in [6.45, 7) is 1.78. The summed E-state index contributed by atoms with van der Waals surface area (Å²) in [6, 6.07) is 23.8. The first-order valence-electron chi connectivity index (χ1n) is 11.0. The van der Waals surface area contributed by atoms with Gasteiger partial charge in [-0.2, -0.15) is 0 Å². The Bertz CT molecular complexity index is 1320. The highest BCUT2D eigenvalue weighted by Crippen LogP contribution is 2.26. The Morgan fingerprint density at radius 1 is 0.943 bits per heavy atom. The van der Waals surface area contributed by atoms with Crippen LogP contribution in [-0.2, 0) is 11.3 Å². The first kappa shape index (κ1) is 23.4. The van der Waals surface area contributed by atoms with Gasteiger partial charge in [0.1, 0.15) is 5.75 Å². The molecule has 1 aromatic heterocycles. The molecular weight excluding hydrogens is 442 g/mol. The van der Waals surface area contributed by atoms with Crippen LogP contribution in [0.25, 0.3) is 11.3 Å². The van der Waals surface area contributed by atoms with Gasteiger partial charge in [0.15, 0.2) is 0 Å². The molecule has 4 aromatic rings. The number of nitrogens with one attached hydrogen (secondary N) is 3. The third kappa shape index (κ3) is 6.20. The molecule has 0 atom stereocenters. The zero-order chi connectivity index (χ0) is 24.6. The predicted molar refractivity (Wildman–Crippen MR) is 136 cm³/mol. The number of aromatic nitrogens is 2. The number of carbonyl (C=O) groups excluding carboxylic acids is 2. The van der Waals surface area contributed by atoms with E-state index >= 15 is 0 Å². The molecule has 0 radical (unpaired) electrons. The van der Waals surface area contributed by atoms with E-state index in [0.717, 1.165) is 22.5 Å². The van der Waals surface area contributed by atoms with E-state index in [1.54, 1.807) is 25.4 Å². The Morgan fingerprint density at radius 2 is 1.71 bits per heavy atom. The van der Waals surface area contributed by atoms with Gasteiger partial charge in [0.25, 0.3) is 5.91 Å². The molecule has 4 rings (SSSR count). The standard InChI is InChI=1S/C27H25N5O3/c1-18(33)30-22-11-8-19(9-12-22)24-14-15-28-27(31-24)32-25-16-23(35-2)13-10-21(25)17-29-26(34)20-6-4-3-5-7-20/h3-16H,17H2,1-2H3,(H,29,34)(H,30,33)(H,28,31,32). The van der Waals surface area contributed by atoms with Crippen LogP contribution < -0.4 is 20.7 Å². The third-order valence-electron chi connectivity index (χ3n) is 5.20. The van der Waals surface area contributed by atoms with Gasteiger partial charge in [-0.1, -0.05) is 36.4 Å². The Morgan fingerprint density at radius 3 is 2.43 bits per heavy atom. The van der Waals surface area contributed by atoms with E-state index in [1.165, 1.54) is 6.92 Å². The summed E-state index contributed by atoms with van der Waals surface area (Å²) in [5.41, 5.74) is 4.48. The summed E-state index contributed by atoms with van der Waals surface area (Å²) >= 11 is 0. The van der Waals surface area contributed by atoms with Crippen LogP contribution >= 0.6 is 0 Å². The maximum atomic E-state index is 12.5. The average molecular weight is 468 g/mol. The number of nitrogens with zero attached hydrogens (tertiary/aromatic N) is 2. The van der Waals surface area contributed by atoms with Crippen LogP contribution in [0.1, 0.15) is 22.8 Å². The molecule has 0 bridgehead atoms. The van der Waals surface area contributed by atoms with Crippen molar-refractivity contribution >= 4 is 29.1 Å². The summed E-state index contributed by atoms with van der Waals surface area (Å²) in [4.78, 5) is 32.7. The van der Waals surface area contributed by atoms with Gasteiger partial charge < -0.3 is 20.7 Å². The van der Waals surface area contributed by atoms with Gasteiger partial charge in [0.05, 0.1) is 12.8 Å². The van der Waals surface area contributed by atoms with Gasteiger partial charge in [0.2, 0.25) is 11.9 Å². The minimum absolute atomic E-state index is 0.125. The van der Waals surface area contributed by atoms with Gasteiger partial charge in [-0.3, -0.25) is 9.59 Å². The SMILES string of the molecule is COc1ccc(CNC(=O)c2ccccc2)c(Nc2nccc(-c3ccc(NC(C)=O)cc3)n2)c1. The van der Waals surface area contributed by atoms with Crippen LogP contribution in [0.4, 0.5) is 17.3 Å². The van der Waals surface area contributed by atoms with Gasteiger partial charge >= 0.3 is 0 Å². The molecule has 176 valence electrons. The Kier molecular flexibility index (Phi) is 7.32. The number of methoxy groups -OCH3 is 1. The number of hydrogen-bond acceptors (Lipinski definition) is 6. The van der Waals surface area contributed by atoms with Crippen LogP contribution in [-0.4, -0.2) is 28.9 Å². The van der Waals surface area contributed by atoms with E-state index in [-0.39, 0.29) is 11.8 Å². The summed E-state index contributed by atoms with van der Waals surface area (Å²) in [7, 11) is 1.59. The molecular formula is C27H25N5O3. The lowest BCUT2D eigenvalue weighted by molar-refractivity contribution is -0.114. The van der Waals surface area contributed by atoms with E-state index in [1.807, 2.05) is 66.7 Å². The van der Waals surface area contributed by atoms with Crippen molar-refractivity contribution < 1.29 is 14.3 Å². The van der Waals surface area contributed by atoms with Crippen molar-refractivity contribution in [3.8, 4) is 17.0 Å². The Balaban J connectivity index is 1.53. The fourth-order valence-corrected chi connectivity index (χ4v) is 3.45. The normalized spacial score (nSPS) is 10.3. The largest absolute Gasteiger partial charge is 0.497 e. The number of hydrogen-bond donors (Lipinski definition) is 3. The van der Waals surface area contributed by atoms with Crippen LogP contribution in [0.2, 0.25) is 0 Å². The lowest BCUT2D eigenvalue weighted by atomic mass is 10.1. The van der Waals surface area contributed by atoms with Crippen LogP contribution in [0.3, 0.4) is 0 Å². The molecule has 0 saturated carbocycles.